The topological polar surface area (TPSA) is 55.6 Å². The molecule has 1 N–H and O–H groups in total. The number of rotatable bonds is 6. The molecule has 0 saturated heterocycles. The van der Waals surface area contributed by atoms with Crippen molar-refractivity contribution in [2.75, 3.05) is 6.61 Å². The Kier molecular flexibility index (Phi) is 6.54. The molecule has 0 atom stereocenters. The zero-order chi connectivity index (χ0) is 20.1. The molecule has 1 amide bonds. The van der Waals surface area contributed by atoms with Crippen LogP contribution in [0.2, 0.25) is 5.02 Å². The molecule has 0 aliphatic rings. The summed E-state index contributed by atoms with van der Waals surface area (Å²) in [6.45, 7) is 3.87. The number of para-hydroxylation sites is 2. The number of halogens is 2. The zero-order valence-electron chi connectivity index (χ0n) is 15.4. The Morgan fingerprint density at radius 1 is 1.21 bits per heavy atom. The maximum absolute atomic E-state index is 11.9. The molecule has 1 aromatic heterocycles. The minimum absolute atomic E-state index is 0.170. The number of aryl methyl sites for hydroxylation is 1. The van der Waals surface area contributed by atoms with E-state index in [1.54, 1.807) is 30.5 Å². The van der Waals surface area contributed by atoms with Crippen molar-refractivity contribution in [3.8, 4) is 11.4 Å². The number of nitrogens with zero attached hydrogens (tertiary/aromatic N) is 2. The maximum Gasteiger partial charge on any atom is 0.277 e. The summed E-state index contributed by atoms with van der Waals surface area (Å²) in [6.07, 6.45) is 1.63. The maximum atomic E-state index is 11.9. The molecule has 0 bridgehead atoms. The van der Waals surface area contributed by atoms with Gasteiger partial charge in [0.25, 0.3) is 5.91 Å². The molecule has 144 valence electrons. The second kappa shape index (κ2) is 9.08. The predicted molar refractivity (Wildman–Crippen MR) is 116 cm³/mol. The van der Waals surface area contributed by atoms with Gasteiger partial charge in [-0.1, -0.05) is 35.9 Å². The van der Waals surface area contributed by atoms with Gasteiger partial charge in [0.2, 0.25) is 0 Å². The van der Waals surface area contributed by atoms with Crippen LogP contribution in [0.1, 0.15) is 17.0 Å². The zero-order valence-corrected chi connectivity index (χ0v) is 17.8. The average molecular weight is 461 g/mol. The first-order valence-electron chi connectivity index (χ1n) is 8.60. The molecular weight excluding hydrogens is 442 g/mol. The van der Waals surface area contributed by atoms with Crippen molar-refractivity contribution in [3.05, 3.63) is 81.0 Å². The molecule has 0 radical (unpaired) electrons. The third-order valence-electron chi connectivity index (χ3n) is 4.15. The largest absolute Gasteiger partial charge is 0.482 e. The summed E-state index contributed by atoms with van der Waals surface area (Å²) in [5.41, 5.74) is 6.53. The Balaban J connectivity index is 1.65. The highest BCUT2D eigenvalue weighted by Gasteiger charge is 2.11. The van der Waals surface area contributed by atoms with Crippen LogP contribution < -0.4 is 10.2 Å². The molecule has 7 heteroatoms. The molecule has 0 saturated carbocycles. The van der Waals surface area contributed by atoms with Crippen LogP contribution in [-0.2, 0) is 4.79 Å². The number of ether oxygens (including phenoxy) is 1. The summed E-state index contributed by atoms with van der Waals surface area (Å²) in [6, 6.07) is 17.0. The van der Waals surface area contributed by atoms with Gasteiger partial charge in [-0.25, -0.2) is 5.43 Å². The summed E-state index contributed by atoms with van der Waals surface area (Å²) < 4.78 is 8.53. The SMILES string of the molecule is Cc1cc(/C=N\NC(=O)COc2ccccc2Cl)c(C)n1-c1ccccc1Br. The summed E-state index contributed by atoms with van der Waals surface area (Å²) in [5.74, 6) is 0.0936. The molecule has 0 fully saturated rings. The van der Waals surface area contributed by atoms with Gasteiger partial charge in [0.15, 0.2) is 6.61 Å². The summed E-state index contributed by atoms with van der Waals surface area (Å²) in [5, 5.41) is 4.50. The quantitative estimate of drug-likeness (QED) is 0.414. The number of carbonyl (C=O) groups is 1. The minimum Gasteiger partial charge on any atom is -0.482 e. The Morgan fingerprint density at radius 3 is 2.68 bits per heavy atom. The van der Waals surface area contributed by atoms with Gasteiger partial charge >= 0.3 is 0 Å². The van der Waals surface area contributed by atoms with Crippen molar-refractivity contribution >= 4 is 39.7 Å². The van der Waals surface area contributed by atoms with E-state index in [1.165, 1.54) is 0 Å². The van der Waals surface area contributed by atoms with E-state index in [0.717, 1.165) is 27.1 Å². The van der Waals surface area contributed by atoms with Gasteiger partial charge in [-0.05, 0) is 60.1 Å². The Hall–Kier alpha value is -2.57. The fourth-order valence-corrected chi connectivity index (χ4v) is 3.49. The molecule has 3 rings (SSSR count). The van der Waals surface area contributed by atoms with E-state index >= 15 is 0 Å². The Labute approximate surface area is 177 Å². The van der Waals surface area contributed by atoms with Gasteiger partial charge < -0.3 is 9.30 Å². The van der Waals surface area contributed by atoms with E-state index in [1.807, 2.05) is 44.2 Å². The van der Waals surface area contributed by atoms with Crippen LogP contribution >= 0.6 is 27.5 Å². The smallest absolute Gasteiger partial charge is 0.277 e. The van der Waals surface area contributed by atoms with Crippen molar-refractivity contribution < 1.29 is 9.53 Å². The average Bonchev–Trinajstić information content (AvgIpc) is 2.95. The Bertz CT molecular complexity index is 1030. The van der Waals surface area contributed by atoms with Crippen LogP contribution in [-0.4, -0.2) is 23.3 Å². The van der Waals surface area contributed by atoms with Crippen LogP contribution in [0.5, 0.6) is 5.75 Å². The van der Waals surface area contributed by atoms with Gasteiger partial charge in [0.05, 0.1) is 16.9 Å². The van der Waals surface area contributed by atoms with E-state index in [-0.39, 0.29) is 12.5 Å². The van der Waals surface area contributed by atoms with Crippen LogP contribution in [0.3, 0.4) is 0 Å². The number of carbonyl (C=O) groups excluding carboxylic acids is 1. The van der Waals surface area contributed by atoms with E-state index in [2.05, 4.69) is 31.0 Å². The molecule has 28 heavy (non-hydrogen) atoms. The monoisotopic (exact) mass is 459 g/mol. The molecule has 0 aliphatic carbocycles. The molecule has 3 aromatic rings. The first kappa shape index (κ1) is 20.2. The second-order valence-electron chi connectivity index (χ2n) is 6.13. The first-order valence-corrected chi connectivity index (χ1v) is 9.77. The normalized spacial score (nSPS) is 11.0. The van der Waals surface area contributed by atoms with Crippen LogP contribution in [0.25, 0.3) is 5.69 Å². The highest BCUT2D eigenvalue weighted by Crippen LogP contribution is 2.26. The number of amides is 1. The van der Waals surface area contributed by atoms with Crippen molar-refractivity contribution in [1.29, 1.82) is 0 Å². The lowest BCUT2D eigenvalue weighted by atomic mass is 10.2. The predicted octanol–water partition coefficient (Wildman–Crippen LogP) is 5.04. The third kappa shape index (κ3) is 4.64. The molecule has 1 heterocycles. The minimum atomic E-state index is -0.365. The van der Waals surface area contributed by atoms with Gasteiger partial charge in [0, 0.05) is 21.4 Å². The van der Waals surface area contributed by atoms with Gasteiger partial charge in [-0.3, -0.25) is 4.79 Å². The van der Waals surface area contributed by atoms with Crippen molar-refractivity contribution in [2.45, 2.75) is 13.8 Å². The number of nitrogens with one attached hydrogen (secondary N) is 1. The fourth-order valence-electron chi connectivity index (χ4n) is 2.83. The van der Waals surface area contributed by atoms with Crippen molar-refractivity contribution in [3.63, 3.8) is 0 Å². The fraction of sp³-hybridized carbons (Fsp3) is 0.143. The van der Waals surface area contributed by atoms with E-state index < -0.39 is 0 Å². The molecule has 0 unspecified atom stereocenters. The molecule has 5 nitrogen and oxygen atoms in total. The summed E-state index contributed by atoms with van der Waals surface area (Å²) >= 11 is 9.59. The van der Waals surface area contributed by atoms with E-state index in [9.17, 15) is 4.79 Å². The van der Waals surface area contributed by atoms with Gasteiger partial charge in [0.1, 0.15) is 5.75 Å². The number of hydrogen-bond acceptors (Lipinski definition) is 3. The number of hydrogen-bond donors (Lipinski definition) is 1. The number of aromatic nitrogens is 1. The summed E-state index contributed by atoms with van der Waals surface area (Å²) in [4.78, 5) is 11.9. The molecule has 0 aliphatic heterocycles. The second-order valence-corrected chi connectivity index (χ2v) is 7.39. The lowest BCUT2D eigenvalue weighted by molar-refractivity contribution is -0.123. The highest BCUT2D eigenvalue weighted by atomic mass is 79.9. The lowest BCUT2D eigenvalue weighted by Crippen LogP contribution is -2.24. The highest BCUT2D eigenvalue weighted by molar-refractivity contribution is 9.10. The molecule has 0 spiro atoms. The van der Waals surface area contributed by atoms with Gasteiger partial charge in [-0.15, -0.1) is 0 Å². The van der Waals surface area contributed by atoms with Crippen LogP contribution in [0, 0.1) is 13.8 Å². The van der Waals surface area contributed by atoms with Crippen molar-refractivity contribution in [2.24, 2.45) is 5.10 Å². The molecular formula is C21H19BrClN3O2. The van der Waals surface area contributed by atoms with E-state index in [4.69, 9.17) is 16.3 Å². The number of hydrazone groups is 1. The lowest BCUT2D eigenvalue weighted by Gasteiger charge is -2.11. The van der Waals surface area contributed by atoms with Crippen LogP contribution in [0.15, 0.2) is 64.2 Å². The van der Waals surface area contributed by atoms with E-state index in [0.29, 0.717) is 10.8 Å². The Morgan fingerprint density at radius 2 is 1.93 bits per heavy atom. The summed E-state index contributed by atoms with van der Waals surface area (Å²) in [7, 11) is 0. The third-order valence-corrected chi connectivity index (χ3v) is 5.13. The standard InChI is InChI=1S/C21H19BrClN3O2/c1-14-11-16(15(2)26(14)19-9-5-3-7-17(19)22)12-24-25-21(27)13-28-20-10-6-4-8-18(20)23/h3-12H,13H2,1-2H3,(H,25,27)/b24-12-. The van der Waals surface area contributed by atoms with Crippen LogP contribution in [0.4, 0.5) is 0 Å². The molecule has 2 aromatic carbocycles. The first-order chi connectivity index (χ1) is 13.5. The van der Waals surface area contributed by atoms with Gasteiger partial charge in [-0.2, -0.15) is 5.10 Å². The number of benzene rings is 2. The van der Waals surface area contributed by atoms with Crippen molar-refractivity contribution in [1.82, 2.24) is 9.99 Å².